The quantitative estimate of drug-likeness (QED) is 0.341. The van der Waals surface area contributed by atoms with E-state index in [2.05, 4.69) is 4.98 Å². The SMILES string of the molecule is CC(C)COC(C)OC(=Cc1ccc(C=O)cn1)C(N)=O. The topological polar surface area (TPSA) is 91.5 Å². The highest BCUT2D eigenvalue weighted by molar-refractivity contribution is 5.94. The standard InChI is InChI=1S/C15H20N2O4/c1-10(2)9-20-11(3)21-14(15(16)19)6-13-5-4-12(8-18)7-17-13/h4-8,10-11H,9H2,1-3H3,(H2,16,19). The Labute approximate surface area is 124 Å². The predicted octanol–water partition coefficient (Wildman–Crippen LogP) is 1.76. The number of hydrogen-bond donors (Lipinski definition) is 1. The number of primary amides is 1. The molecule has 6 heteroatoms. The third-order valence-electron chi connectivity index (χ3n) is 2.42. The minimum absolute atomic E-state index is 0.0439. The average Bonchev–Trinajstić information content (AvgIpc) is 2.45. The number of nitrogens with zero attached hydrogens (tertiary/aromatic N) is 1. The van der Waals surface area contributed by atoms with Gasteiger partial charge in [-0.1, -0.05) is 13.8 Å². The normalized spacial score (nSPS) is 13.0. The number of rotatable bonds is 8. The van der Waals surface area contributed by atoms with Crippen molar-refractivity contribution in [3.63, 3.8) is 0 Å². The van der Waals surface area contributed by atoms with E-state index >= 15 is 0 Å². The molecule has 0 aliphatic carbocycles. The van der Waals surface area contributed by atoms with Crippen molar-refractivity contribution in [1.29, 1.82) is 0 Å². The monoisotopic (exact) mass is 292 g/mol. The van der Waals surface area contributed by atoms with Crippen LogP contribution in [0.25, 0.3) is 6.08 Å². The molecule has 0 bridgehead atoms. The second-order valence-corrected chi connectivity index (χ2v) is 4.92. The van der Waals surface area contributed by atoms with Crippen molar-refractivity contribution in [3.05, 3.63) is 35.3 Å². The zero-order valence-corrected chi connectivity index (χ0v) is 12.4. The lowest BCUT2D eigenvalue weighted by atomic mass is 10.2. The molecule has 0 saturated heterocycles. The summed E-state index contributed by atoms with van der Waals surface area (Å²) in [5, 5.41) is 0. The lowest BCUT2D eigenvalue weighted by molar-refractivity contribution is -0.134. The Morgan fingerprint density at radius 2 is 2.10 bits per heavy atom. The van der Waals surface area contributed by atoms with Gasteiger partial charge in [0.05, 0.1) is 12.3 Å². The molecule has 2 N–H and O–H groups in total. The Balaban J connectivity index is 2.77. The molecular formula is C15H20N2O4. The zero-order valence-electron chi connectivity index (χ0n) is 12.4. The second kappa shape index (κ2) is 8.16. The van der Waals surface area contributed by atoms with Gasteiger partial charge in [-0.25, -0.2) is 0 Å². The lowest BCUT2D eigenvalue weighted by Crippen LogP contribution is -2.23. The van der Waals surface area contributed by atoms with Gasteiger partial charge in [0.1, 0.15) is 0 Å². The van der Waals surface area contributed by atoms with Gasteiger partial charge in [-0.15, -0.1) is 0 Å². The third kappa shape index (κ3) is 6.18. The molecular weight excluding hydrogens is 272 g/mol. The minimum atomic E-state index is -0.712. The molecule has 0 aliphatic rings. The fourth-order valence-electron chi connectivity index (χ4n) is 1.41. The van der Waals surface area contributed by atoms with Gasteiger partial charge in [0.15, 0.2) is 18.3 Å². The van der Waals surface area contributed by atoms with Crippen LogP contribution in [0.5, 0.6) is 0 Å². The van der Waals surface area contributed by atoms with Crippen LogP contribution in [0.2, 0.25) is 0 Å². The first-order valence-corrected chi connectivity index (χ1v) is 6.63. The molecule has 1 aromatic rings. The summed E-state index contributed by atoms with van der Waals surface area (Å²) in [6, 6.07) is 3.18. The maximum absolute atomic E-state index is 11.4. The molecule has 0 aromatic carbocycles. The first kappa shape index (κ1) is 16.8. The summed E-state index contributed by atoms with van der Waals surface area (Å²) in [6.07, 6.45) is 2.90. The van der Waals surface area contributed by atoms with Crippen molar-refractivity contribution in [2.45, 2.75) is 27.1 Å². The molecule has 21 heavy (non-hydrogen) atoms. The van der Waals surface area contributed by atoms with Crippen LogP contribution in [-0.4, -0.2) is 30.1 Å². The number of pyridine rings is 1. The van der Waals surface area contributed by atoms with E-state index in [0.717, 1.165) is 0 Å². The van der Waals surface area contributed by atoms with Gasteiger partial charge in [0.25, 0.3) is 5.91 Å². The highest BCUT2D eigenvalue weighted by atomic mass is 16.7. The number of aldehydes is 1. The average molecular weight is 292 g/mol. The summed E-state index contributed by atoms with van der Waals surface area (Å²) < 4.78 is 10.8. The number of carbonyl (C=O) groups excluding carboxylic acids is 2. The molecule has 114 valence electrons. The largest absolute Gasteiger partial charge is 0.459 e. The Morgan fingerprint density at radius 1 is 1.38 bits per heavy atom. The number of ether oxygens (including phenoxy) is 2. The minimum Gasteiger partial charge on any atom is -0.459 e. The summed E-state index contributed by atoms with van der Waals surface area (Å²) in [7, 11) is 0. The van der Waals surface area contributed by atoms with E-state index in [0.29, 0.717) is 30.1 Å². The highest BCUT2D eigenvalue weighted by Gasteiger charge is 2.13. The van der Waals surface area contributed by atoms with E-state index in [1.165, 1.54) is 12.3 Å². The Bertz CT molecular complexity index is 509. The number of hydrogen-bond acceptors (Lipinski definition) is 5. The number of aromatic nitrogens is 1. The van der Waals surface area contributed by atoms with Crippen LogP contribution >= 0.6 is 0 Å². The molecule has 1 atom stereocenters. The van der Waals surface area contributed by atoms with E-state index in [1.807, 2.05) is 13.8 Å². The maximum atomic E-state index is 11.4. The zero-order chi connectivity index (χ0) is 15.8. The molecule has 1 unspecified atom stereocenters. The van der Waals surface area contributed by atoms with Crippen molar-refractivity contribution >= 4 is 18.3 Å². The molecule has 0 saturated carbocycles. The van der Waals surface area contributed by atoms with Crippen LogP contribution in [0.4, 0.5) is 0 Å². The van der Waals surface area contributed by atoms with Gasteiger partial charge in [0.2, 0.25) is 0 Å². The molecule has 0 aliphatic heterocycles. The number of amides is 1. The van der Waals surface area contributed by atoms with Crippen molar-refractivity contribution in [1.82, 2.24) is 4.98 Å². The lowest BCUT2D eigenvalue weighted by Gasteiger charge is -2.17. The molecule has 0 radical (unpaired) electrons. The fraction of sp³-hybridized carbons (Fsp3) is 0.400. The van der Waals surface area contributed by atoms with Crippen LogP contribution in [0.3, 0.4) is 0 Å². The van der Waals surface area contributed by atoms with Crippen molar-refractivity contribution in [2.75, 3.05) is 6.61 Å². The third-order valence-corrected chi connectivity index (χ3v) is 2.42. The van der Waals surface area contributed by atoms with Gasteiger partial charge in [-0.2, -0.15) is 0 Å². The number of nitrogens with two attached hydrogens (primary N) is 1. The summed E-state index contributed by atoms with van der Waals surface area (Å²) in [4.78, 5) is 26.0. The van der Waals surface area contributed by atoms with Crippen LogP contribution in [0.1, 0.15) is 36.8 Å². The Hall–Kier alpha value is -2.21. The van der Waals surface area contributed by atoms with E-state index in [-0.39, 0.29) is 5.76 Å². The maximum Gasteiger partial charge on any atom is 0.283 e. The summed E-state index contributed by atoms with van der Waals surface area (Å²) in [6.45, 7) is 6.22. The Kier molecular flexibility index (Phi) is 6.55. The van der Waals surface area contributed by atoms with Crippen molar-refractivity contribution < 1.29 is 19.1 Å². The van der Waals surface area contributed by atoms with Gasteiger partial charge < -0.3 is 15.2 Å². The van der Waals surface area contributed by atoms with Gasteiger partial charge in [0, 0.05) is 17.8 Å². The van der Waals surface area contributed by atoms with Gasteiger partial charge >= 0.3 is 0 Å². The van der Waals surface area contributed by atoms with Crippen molar-refractivity contribution in [2.24, 2.45) is 11.7 Å². The van der Waals surface area contributed by atoms with Gasteiger partial charge in [-0.3, -0.25) is 14.6 Å². The first-order valence-electron chi connectivity index (χ1n) is 6.63. The second-order valence-electron chi connectivity index (χ2n) is 4.92. The van der Waals surface area contributed by atoms with Crippen LogP contribution in [0, 0.1) is 5.92 Å². The first-order chi connectivity index (χ1) is 9.92. The molecule has 0 spiro atoms. The predicted molar refractivity (Wildman–Crippen MR) is 78.1 cm³/mol. The van der Waals surface area contributed by atoms with E-state index < -0.39 is 12.2 Å². The Morgan fingerprint density at radius 3 is 2.57 bits per heavy atom. The van der Waals surface area contributed by atoms with Gasteiger partial charge in [-0.05, 0) is 25.0 Å². The molecule has 0 fully saturated rings. The summed E-state index contributed by atoms with van der Waals surface area (Å²) >= 11 is 0. The summed E-state index contributed by atoms with van der Waals surface area (Å²) in [5.74, 6) is -0.400. The van der Waals surface area contributed by atoms with E-state index in [9.17, 15) is 9.59 Å². The van der Waals surface area contributed by atoms with Crippen molar-refractivity contribution in [3.8, 4) is 0 Å². The fourth-order valence-corrected chi connectivity index (χ4v) is 1.41. The van der Waals surface area contributed by atoms with Crippen LogP contribution in [0.15, 0.2) is 24.1 Å². The molecule has 1 heterocycles. The smallest absolute Gasteiger partial charge is 0.283 e. The molecule has 6 nitrogen and oxygen atoms in total. The van der Waals surface area contributed by atoms with E-state index in [4.69, 9.17) is 15.2 Å². The van der Waals surface area contributed by atoms with Crippen LogP contribution in [-0.2, 0) is 14.3 Å². The van der Waals surface area contributed by atoms with E-state index in [1.54, 1.807) is 19.1 Å². The highest BCUT2D eigenvalue weighted by Crippen LogP contribution is 2.10. The summed E-state index contributed by atoms with van der Waals surface area (Å²) in [5.41, 5.74) is 6.18. The molecule has 1 aromatic heterocycles. The molecule has 1 amide bonds. The van der Waals surface area contributed by atoms with Crippen LogP contribution < -0.4 is 5.73 Å². The number of carbonyl (C=O) groups is 2. The molecule has 1 rings (SSSR count).